The number of H-pyrrole nitrogens is 1. The molecule has 0 amide bonds. The molecule has 2 aromatic heterocycles. The summed E-state index contributed by atoms with van der Waals surface area (Å²) in [5, 5.41) is 15.0. The van der Waals surface area contributed by atoms with Crippen molar-refractivity contribution in [1.82, 2.24) is 25.2 Å². The minimum absolute atomic E-state index is 0.295. The normalized spacial score (nSPS) is 11.1. The summed E-state index contributed by atoms with van der Waals surface area (Å²) in [6.45, 7) is 3.34. The number of ether oxygens (including phenoxy) is 1. The molecule has 6 rings (SSSR count). The molecule has 0 aliphatic rings. The topological polar surface area (TPSA) is 68.6 Å². The number of hydrogen-bond acceptors (Lipinski definition) is 4. The lowest BCUT2D eigenvalue weighted by Crippen LogP contribution is -2.02. The van der Waals surface area contributed by atoms with Crippen molar-refractivity contribution in [3.8, 4) is 28.1 Å². The highest BCUT2D eigenvalue weighted by atomic mass is 16.5. The van der Waals surface area contributed by atoms with E-state index in [0.29, 0.717) is 12.4 Å². The number of benzene rings is 4. The van der Waals surface area contributed by atoms with Crippen molar-refractivity contribution >= 4 is 10.9 Å². The van der Waals surface area contributed by atoms with Crippen LogP contribution in [0.5, 0.6) is 5.75 Å². The van der Waals surface area contributed by atoms with E-state index in [4.69, 9.17) is 4.74 Å². The monoisotopic (exact) mass is 471 g/mol. The van der Waals surface area contributed by atoms with E-state index in [1.165, 1.54) is 38.9 Å². The molecular formula is C30H25N5O. The molecule has 1 N–H and O–H groups in total. The summed E-state index contributed by atoms with van der Waals surface area (Å²) >= 11 is 0. The van der Waals surface area contributed by atoms with Gasteiger partial charge in [0.1, 0.15) is 12.4 Å². The number of hydrogen-bond donors (Lipinski definition) is 1. The summed E-state index contributed by atoms with van der Waals surface area (Å²) in [5.41, 5.74) is 8.61. The lowest BCUT2D eigenvalue weighted by molar-refractivity contribution is 0.296. The van der Waals surface area contributed by atoms with Crippen LogP contribution in [0.2, 0.25) is 0 Å². The van der Waals surface area contributed by atoms with Gasteiger partial charge >= 0.3 is 0 Å². The molecule has 0 saturated heterocycles. The fourth-order valence-corrected chi connectivity index (χ4v) is 4.86. The smallest absolute Gasteiger partial charge is 0.186 e. The molecule has 0 radical (unpaired) electrons. The van der Waals surface area contributed by atoms with E-state index in [1.807, 2.05) is 12.1 Å². The first-order valence-electron chi connectivity index (χ1n) is 11.9. The summed E-state index contributed by atoms with van der Waals surface area (Å²) in [5.74, 6) is 1.36. The highest BCUT2D eigenvalue weighted by Gasteiger charge is 2.19. The molecular weight excluding hydrogens is 446 g/mol. The fraction of sp³-hybridized carbons (Fsp3) is 0.100. The Morgan fingerprint density at radius 3 is 2.25 bits per heavy atom. The fourth-order valence-electron chi connectivity index (χ4n) is 4.86. The Kier molecular flexibility index (Phi) is 5.75. The minimum Gasteiger partial charge on any atom is -0.486 e. The lowest BCUT2D eigenvalue weighted by atomic mass is 9.98. The predicted molar refractivity (Wildman–Crippen MR) is 142 cm³/mol. The van der Waals surface area contributed by atoms with Gasteiger partial charge in [-0.15, -0.1) is 5.10 Å². The molecule has 0 unspecified atom stereocenters. The second-order valence-corrected chi connectivity index (χ2v) is 8.77. The van der Waals surface area contributed by atoms with Gasteiger partial charge < -0.3 is 9.30 Å². The Bertz CT molecular complexity index is 1590. The van der Waals surface area contributed by atoms with Crippen LogP contribution in [-0.4, -0.2) is 25.2 Å². The first kappa shape index (κ1) is 21.8. The van der Waals surface area contributed by atoms with Crippen LogP contribution >= 0.6 is 0 Å². The van der Waals surface area contributed by atoms with E-state index in [1.54, 1.807) is 0 Å². The van der Waals surface area contributed by atoms with Gasteiger partial charge in [-0.3, -0.25) is 0 Å². The molecule has 0 spiro atoms. The van der Waals surface area contributed by atoms with Gasteiger partial charge in [0.05, 0.1) is 5.69 Å². The zero-order valence-electron chi connectivity index (χ0n) is 19.9. The van der Waals surface area contributed by atoms with Crippen LogP contribution in [0.4, 0.5) is 0 Å². The van der Waals surface area contributed by atoms with Gasteiger partial charge in [-0.25, -0.2) is 5.10 Å². The number of rotatable bonds is 7. The van der Waals surface area contributed by atoms with Crippen LogP contribution < -0.4 is 4.74 Å². The lowest BCUT2D eigenvalue weighted by Gasteiger charge is -2.12. The van der Waals surface area contributed by atoms with E-state index in [9.17, 15) is 0 Å². The van der Waals surface area contributed by atoms with Crippen molar-refractivity contribution in [3.63, 3.8) is 0 Å². The van der Waals surface area contributed by atoms with Gasteiger partial charge in [0.15, 0.2) is 5.82 Å². The molecule has 0 atom stereocenters. The Balaban J connectivity index is 1.44. The zero-order valence-corrected chi connectivity index (χ0v) is 19.9. The number of nitrogens with one attached hydrogen (secondary N) is 1. The highest BCUT2D eigenvalue weighted by Crippen LogP contribution is 2.39. The maximum atomic E-state index is 5.82. The largest absolute Gasteiger partial charge is 0.486 e. The van der Waals surface area contributed by atoms with Crippen LogP contribution in [0.15, 0.2) is 103 Å². The van der Waals surface area contributed by atoms with Crippen molar-refractivity contribution in [1.29, 1.82) is 0 Å². The van der Waals surface area contributed by atoms with Crippen molar-refractivity contribution in [2.24, 2.45) is 0 Å². The van der Waals surface area contributed by atoms with Crippen LogP contribution in [0.25, 0.3) is 33.3 Å². The molecule has 0 bridgehead atoms. The number of aryl methyl sites for hydroxylation is 1. The standard InChI is InChI=1S/C30H25N5O/c1-21-29-26(23-15-17-25(18-16-23)36-20-28-31-33-34-32-28)13-8-14-27(29)35(19-22-9-4-2-5-10-22)30(21)24-11-6-3-7-12-24/h2-18H,19-20H2,1H3,(H,31,32,33,34). The molecule has 6 nitrogen and oxygen atoms in total. The molecule has 2 heterocycles. The summed E-state index contributed by atoms with van der Waals surface area (Å²) in [7, 11) is 0. The third-order valence-corrected chi connectivity index (χ3v) is 6.49. The van der Waals surface area contributed by atoms with Gasteiger partial charge in [-0.05, 0) is 63.4 Å². The maximum Gasteiger partial charge on any atom is 0.186 e. The maximum absolute atomic E-state index is 5.82. The van der Waals surface area contributed by atoms with Gasteiger partial charge in [-0.2, -0.15) is 0 Å². The summed E-state index contributed by atoms with van der Waals surface area (Å²) in [6, 6.07) is 36.1. The molecule has 0 aliphatic heterocycles. The number of aromatic amines is 1. The summed E-state index contributed by atoms with van der Waals surface area (Å²) in [4.78, 5) is 0. The van der Waals surface area contributed by atoms with Crippen LogP contribution in [0.1, 0.15) is 17.0 Å². The van der Waals surface area contributed by atoms with Gasteiger partial charge in [-0.1, -0.05) is 84.9 Å². The highest BCUT2D eigenvalue weighted by molar-refractivity contribution is 6.02. The quantitative estimate of drug-likeness (QED) is 0.292. The third-order valence-electron chi connectivity index (χ3n) is 6.49. The van der Waals surface area contributed by atoms with Crippen LogP contribution in [0, 0.1) is 6.92 Å². The molecule has 6 aromatic rings. The Hall–Kier alpha value is -4.71. The predicted octanol–water partition coefficient (Wildman–Crippen LogP) is 6.42. The number of aromatic nitrogens is 5. The van der Waals surface area contributed by atoms with Crippen molar-refractivity contribution in [2.45, 2.75) is 20.1 Å². The van der Waals surface area contributed by atoms with E-state index in [0.717, 1.165) is 17.9 Å². The Labute approximate surface area is 209 Å². The molecule has 176 valence electrons. The summed E-state index contributed by atoms with van der Waals surface area (Å²) < 4.78 is 8.27. The third kappa shape index (κ3) is 4.14. The second kappa shape index (κ2) is 9.50. The van der Waals surface area contributed by atoms with E-state index in [2.05, 4.69) is 123 Å². The van der Waals surface area contributed by atoms with Gasteiger partial charge in [0.25, 0.3) is 0 Å². The van der Waals surface area contributed by atoms with E-state index >= 15 is 0 Å². The molecule has 36 heavy (non-hydrogen) atoms. The Morgan fingerprint density at radius 2 is 1.53 bits per heavy atom. The second-order valence-electron chi connectivity index (χ2n) is 8.77. The first-order chi connectivity index (χ1) is 17.8. The first-order valence-corrected chi connectivity index (χ1v) is 11.9. The molecule has 0 aliphatic carbocycles. The summed E-state index contributed by atoms with van der Waals surface area (Å²) in [6.07, 6.45) is 0. The SMILES string of the molecule is Cc1c(-c2ccccc2)n(Cc2ccccc2)c2cccc(-c3ccc(OCc4nnn[nH]4)cc3)c12. The molecule has 0 fully saturated rings. The number of fused-ring (bicyclic) bond motifs is 1. The van der Waals surface area contributed by atoms with Crippen LogP contribution in [0.3, 0.4) is 0 Å². The van der Waals surface area contributed by atoms with Crippen molar-refractivity contribution in [2.75, 3.05) is 0 Å². The minimum atomic E-state index is 0.295. The van der Waals surface area contributed by atoms with Crippen LogP contribution in [-0.2, 0) is 13.2 Å². The zero-order chi connectivity index (χ0) is 24.3. The molecule has 6 heteroatoms. The van der Waals surface area contributed by atoms with E-state index < -0.39 is 0 Å². The number of nitrogens with zero attached hydrogens (tertiary/aromatic N) is 4. The number of tetrazole rings is 1. The van der Waals surface area contributed by atoms with Gasteiger partial charge in [0.2, 0.25) is 0 Å². The molecule has 4 aromatic carbocycles. The Morgan fingerprint density at radius 1 is 0.778 bits per heavy atom. The van der Waals surface area contributed by atoms with Gasteiger partial charge in [0, 0.05) is 17.4 Å². The van der Waals surface area contributed by atoms with Crippen molar-refractivity contribution in [3.05, 3.63) is 120 Å². The molecule has 0 saturated carbocycles. The van der Waals surface area contributed by atoms with Crippen molar-refractivity contribution < 1.29 is 4.74 Å². The van der Waals surface area contributed by atoms with E-state index in [-0.39, 0.29) is 0 Å². The average Bonchev–Trinajstić information content (AvgIpc) is 3.55. The average molecular weight is 472 g/mol.